The Morgan fingerprint density at radius 1 is 0.578 bits per heavy atom. The highest BCUT2D eigenvalue weighted by atomic mass is 16.5. The first kappa shape index (κ1) is 65.1. The van der Waals surface area contributed by atoms with Crippen molar-refractivity contribution in [3.05, 3.63) is 138 Å². The fourth-order valence-corrected chi connectivity index (χ4v) is 9.00. The van der Waals surface area contributed by atoms with E-state index in [2.05, 4.69) is 42.2 Å². The number of hydrogen-bond donors (Lipinski definition) is 13. The number of aliphatic carboxylic acids is 1. The van der Waals surface area contributed by atoms with Gasteiger partial charge in [0.1, 0.15) is 47.6 Å². The van der Waals surface area contributed by atoms with Crippen LogP contribution in [0.15, 0.2) is 115 Å². The number of amides is 8. The average Bonchev–Trinajstić information content (AvgIpc) is 4.05. The minimum atomic E-state index is -1.68. The minimum Gasteiger partial charge on any atom is -0.488 e. The number of benzene rings is 4. The van der Waals surface area contributed by atoms with Crippen molar-refractivity contribution in [3.8, 4) is 5.75 Å². The number of primary amides is 1. The lowest BCUT2D eigenvalue weighted by atomic mass is 10.00. The van der Waals surface area contributed by atoms with Crippen molar-refractivity contribution in [2.24, 2.45) is 17.2 Å². The number of carbonyl (C=O) groups is 9. The van der Waals surface area contributed by atoms with Crippen LogP contribution in [0.4, 0.5) is 0 Å². The van der Waals surface area contributed by atoms with Crippen LogP contribution < -0.4 is 59.2 Å². The summed E-state index contributed by atoms with van der Waals surface area (Å²) < 4.78 is 5.93. The maximum atomic E-state index is 14.9. The summed E-state index contributed by atoms with van der Waals surface area (Å²) in [4.78, 5) is 126. The van der Waals surface area contributed by atoms with Crippen LogP contribution in [0.1, 0.15) is 88.5 Å². The summed E-state index contributed by atoms with van der Waals surface area (Å²) in [6, 6.07) is 21.7. The maximum Gasteiger partial charge on any atom is 0.303 e. The van der Waals surface area contributed by atoms with E-state index in [1.165, 1.54) is 6.92 Å². The highest BCUT2D eigenvalue weighted by molar-refractivity contribution is 5.98. The molecule has 0 spiro atoms. The number of carbonyl (C=O) groups excluding carboxylic acids is 8. The summed E-state index contributed by atoms with van der Waals surface area (Å²) in [5.41, 5.74) is 19.8. The molecule has 0 saturated heterocycles. The molecule has 1 aromatic heterocycles. The third-order valence-corrected chi connectivity index (χ3v) is 13.3. The van der Waals surface area contributed by atoms with Crippen molar-refractivity contribution in [1.82, 2.24) is 42.2 Å². The number of carboxylic acid groups (broad SMARTS) is 1. The van der Waals surface area contributed by atoms with Crippen LogP contribution in [0.2, 0.25) is 0 Å². The number of H-pyrrole nitrogens is 1. The largest absolute Gasteiger partial charge is 0.488 e. The first-order valence-corrected chi connectivity index (χ1v) is 27.6. The summed E-state index contributed by atoms with van der Waals surface area (Å²) >= 11 is 0. The molecule has 446 valence electrons. The zero-order valence-corrected chi connectivity index (χ0v) is 47.3. The van der Waals surface area contributed by atoms with E-state index in [4.69, 9.17) is 27.0 Å². The molecule has 0 aliphatic heterocycles. The number of nitrogens with one attached hydrogen (secondary N) is 8. The van der Waals surface area contributed by atoms with E-state index in [0.717, 1.165) is 10.9 Å². The van der Waals surface area contributed by atoms with Crippen molar-refractivity contribution in [2.75, 3.05) is 13.1 Å². The van der Waals surface area contributed by atoms with E-state index in [9.17, 15) is 48.3 Å². The van der Waals surface area contributed by atoms with Crippen LogP contribution in [-0.4, -0.2) is 136 Å². The molecule has 1 heterocycles. The van der Waals surface area contributed by atoms with Crippen molar-refractivity contribution >= 4 is 64.1 Å². The van der Waals surface area contributed by atoms with Crippen molar-refractivity contribution < 1.29 is 58.1 Å². The van der Waals surface area contributed by atoms with Gasteiger partial charge in [-0.25, -0.2) is 0 Å². The second-order valence-electron chi connectivity index (χ2n) is 21.4. The fraction of sp³-hybridized carbons (Fsp3) is 0.417. The summed E-state index contributed by atoms with van der Waals surface area (Å²) in [5.74, 6) is -7.12. The quantitative estimate of drug-likeness (QED) is 0.0263. The lowest BCUT2D eigenvalue weighted by Crippen LogP contribution is -2.62. The highest BCUT2D eigenvalue weighted by Gasteiger charge is 2.36. The number of rotatable bonds is 33. The van der Waals surface area contributed by atoms with Crippen molar-refractivity contribution in [3.63, 3.8) is 0 Å². The van der Waals surface area contributed by atoms with E-state index < -0.39 is 114 Å². The van der Waals surface area contributed by atoms with Gasteiger partial charge in [0.05, 0.1) is 18.6 Å². The van der Waals surface area contributed by atoms with Gasteiger partial charge in [0.15, 0.2) is 0 Å². The Labute approximate surface area is 482 Å². The van der Waals surface area contributed by atoms with Gasteiger partial charge in [0.25, 0.3) is 0 Å². The molecule has 0 fully saturated rings. The van der Waals surface area contributed by atoms with Crippen molar-refractivity contribution in [1.29, 1.82) is 0 Å². The molecule has 16 N–H and O–H groups in total. The molecule has 0 aliphatic rings. The number of nitrogens with two attached hydrogens (primary N) is 3. The lowest BCUT2D eigenvalue weighted by molar-refractivity contribution is -0.137. The van der Waals surface area contributed by atoms with Crippen LogP contribution >= 0.6 is 0 Å². The molecule has 83 heavy (non-hydrogen) atoms. The normalized spacial score (nSPS) is 14.2. The number of fused-ring (bicyclic) bond motifs is 1. The molecular weight excluding hydrogens is 1070 g/mol. The van der Waals surface area contributed by atoms with Gasteiger partial charge in [-0.3, -0.25) is 43.2 Å². The number of hydrogen-bond acceptors (Lipinski definition) is 13. The monoisotopic (exact) mass is 1150 g/mol. The smallest absolute Gasteiger partial charge is 0.303 e. The number of unbranched alkanes of at least 4 members (excludes halogenated alkanes) is 1. The van der Waals surface area contributed by atoms with Crippen LogP contribution in [0.3, 0.4) is 0 Å². The highest BCUT2D eigenvalue weighted by Crippen LogP contribution is 2.21. The summed E-state index contributed by atoms with van der Waals surface area (Å²) in [6.45, 7) is 7.13. The van der Waals surface area contributed by atoms with E-state index in [1.54, 1.807) is 97.2 Å². The second-order valence-corrected chi connectivity index (χ2v) is 21.4. The molecule has 4 aromatic carbocycles. The Morgan fingerprint density at radius 3 is 1.59 bits per heavy atom. The lowest BCUT2D eigenvalue weighted by Gasteiger charge is -2.28. The van der Waals surface area contributed by atoms with Gasteiger partial charge < -0.3 is 74.4 Å². The summed E-state index contributed by atoms with van der Waals surface area (Å²) in [7, 11) is 0. The number of aromatic nitrogens is 1. The van der Waals surface area contributed by atoms with Crippen LogP contribution in [0.5, 0.6) is 5.75 Å². The molecule has 0 aliphatic carbocycles. The van der Waals surface area contributed by atoms with Crippen LogP contribution in [0, 0.1) is 0 Å². The first-order valence-electron chi connectivity index (χ1n) is 27.6. The number of carboxylic acids is 1. The van der Waals surface area contributed by atoms with Gasteiger partial charge in [-0.2, -0.15) is 0 Å². The summed E-state index contributed by atoms with van der Waals surface area (Å²) in [5, 5.41) is 39.8. The maximum absolute atomic E-state index is 14.9. The van der Waals surface area contributed by atoms with Crippen molar-refractivity contribution in [2.45, 2.75) is 146 Å². The Morgan fingerprint density at radius 2 is 1.06 bits per heavy atom. The molecule has 23 nitrogen and oxygen atoms in total. The summed E-state index contributed by atoms with van der Waals surface area (Å²) in [6.07, 6.45) is -0.0987. The molecule has 23 heteroatoms. The number of para-hydroxylation sites is 1. The molecule has 0 unspecified atom stereocenters. The Bertz CT molecular complexity index is 2970. The number of aliphatic hydroxyl groups is 1. The zero-order valence-electron chi connectivity index (χ0n) is 47.3. The number of ether oxygens (including phenoxy) is 1. The average molecular weight is 1150 g/mol. The number of aliphatic hydroxyl groups excluding tert-OH is 1. The zero-order chi connectivity index (χ0) is 60.6. The molecule has 5 rings (SSSR count). The van der Waals surface area contributed by atoms with Gasteiger partial charge >= 0.3 is 5.97 Å². The van der Waals surface area contributed by atoms with Gasteiger partial charge in [0.2, 0.25) is 47.3 Å². The Balaban J connectivity index is 1.44. The molecule has 0 radical (unpaired) electrons. The van der Waals surface area contributed by atoms with Crippen LogP contribution in [-0.2, 0) is 68.8 Å². The Hall–Kier alpha value is -8.67. The predicted molar refractivity (Wildman–Crippen MR) is 311 cm³/mol. The molecule has 8 atom stereocenters. The minimum absolute atomic E-state index is 0.0166. The second kappa shape index (κ2) is 32.1. The molecule has 8 amide bonds. The van der Waals surface area contributed by atoms with E-state index >= 15 is 0 Å². The number of aromatic amines is 1. The molecule has 0 bridgehead atoms. The topological polar surface area (TPSA) is 381 Å². The SMILES string of the molecule is C[C@@H](O)[C@H](NC(=O)[C@H](CCCCN)NC(=O)[C@@H](Cc1c[nH]c2ccccc12)NC(=O)[C@H](Cc1ccccc1)NC(=O)[C@H](Cc1ccccc1)NC(=O)[C@@H](N)CC(N)=O)C(=O)N[C@@H](Cc1ccc(OC(C)(C)C)cc1)C(=O)NCCCC(=O)O. The van der Waals surface area contributed by atoms with Gasteiger partial charge in [-0.1, -0.05) is 91.0 Å². The molecule has 5 aromatic rings. The predicted octanol–water partition coefficient (Wildman–Crippen LogP) is 1.22. The third-order valence-electron chi connectivity index (χ3n) is 13.3. The standard InChI is InChI=1S/C60H79N11O12/c1-36(72)52(59(82)70-46(54(77)64-29-15-23-51(74)75)32-39-24-26-41(27-25-39)83-60(2,3)4)71-55(78)45(22-13-14-28-61)66-58(81)49(33-40-35-65-44-21-12-11-20-42(40)44)69-57(80)48(31-38-18-9-6-10-19-38)68-56(79)47(30-37-16-7-5-8-17-37)67-53(76)43(62)34-50(63)73/h5-12,16-21,24-27,35-36,43,45-49,52,65,72H,13-15,22-23,28-34,61-62H2,1-4H3,(H2,63,73)(H,64,77)(H,66,81)(H,67,76)(H,68,79)(H,69,80)(H,70,82)(H,71,78)(H,74,75)/t36-,43+,45+,46+,47+,48+,49-,52+/m1/s1. The third kappa shape index (κ3) is 22.0. The molecular formula is C60H79N11O12. The molecule has 0 saturated carbocycles. The van der Waals surface area contributed by atoms with Crippen LogP contribution in [0.25, 0.3) is 10.9 Å². The van der Waals surface area contributed by atoms with Gasteiger partial charge in [-0.05, 0) is 100 Å². The fourth-order valence-electron chi connectivity index (χ4n) is 9.00. The van der Waals surface area contributed by atoms with E-state index in [0.29, 0.717) is 40.8 Å². The van der Waals surface area contributed by atoms with Gasteiger partial charge in [-0.15, -0.1) is 0 Å². The van der Waals surface area contributed by atoms with Gasteiger partial charge in [0, 0.05) is 55.7 Å². The first-order chi connectivity index (χ1) is 39.5. The van der Waals surface area contributed by atoms with E-state index in [-0.39, 0.29) is 58.0 Å². The van der Waals surface area contributed by atoms with E-state index in [1.807, 2.05) is 39.0 Å². The Kier molecular flexibility index (Phi) is 25.2.